The van der Waals surface area contributed by atoms with Crippen molar-refractivity contribution in [2.75, 3.05) is 59.3 Å². The van der Waals surface area contributed by atoms with Crippen molar-refractivity contribution >= 4 is 0 Å². The van der Waals surface area contributed by atoms with Gasteiger partial charge in [-0.15, -0.1) is 0 Å². The van der Waals surface area contributed by atoms with Gasteiger partial charge in [-0.2, -0.15) is 0 Å². The third kappa shape index (κ3) is 16.7. The Morgan fingerprint density at radius 1 is 0.682 bits per heavy atom. The zero-order valence-electron chi connectivity index (χ0n) is 44.7. The third-order valence-corrected chi connectivity index (χ3v) is 19.4. The summed E-state index contributed by atoms with van der Waals surface area (Å²) in [5.41, 5.74) is 2.69. The van der Waals surface area contributed by atoms with Crippen molar-refractivity contribution < 1.29 is 18.9 Å². The van der Waals surface area contributed by atoms with Crippen LogP contribution in [0.3, 0.4) is 0 Å². The van der Waals surface area contributed by atoms with Gasteiger partial charge in [0.1, 0.15) is 0 Å². The van der Waals surface area contributed by atoms with E-state index in [4.69, 9.17) is 18.9 Å². The lowest BCUT2D eigenvalue weighted by atomic mass is 9.47. The van der Waals surface area contributed by atoms with Crippen LogP contribution in [0.2, 0.25) is 0 Å². The van der Waals surface area contributed by atoms with Crippen molar-refractivity contribution in [2.45, 2.75) is 246 Å². The standard InChI is InChI=1S/C61H109NO4/c1-7-8-9-10-11-12-13-14-15-16-17-18-19-20-21-24-40-64-48-55(47-62-39-36-51-28-22-23-29-52(51)46-62)66-44-42-63-41-43-65-54-34-37-60(5)53(45-54)30-31-56-58-33-32-57(50(4)27-25-26-49(2)3)61(58,6)38-35-59(56)60/h14-15,30,49-52,54-59H,7-13,16-29,31-48H2,1-6H3/b15-14-/t50-,51-,52+,54+,55?,56+,57+,58?,59?,60+,61-/m1/s1. The van der Waals surface area contributed by atoms with Crippen LogP contribution in [0.15, 0.2) is 23.8 Å². The highest BCUT2D eigenvalue weighted by atomic mass is 16.6. The van der Waals surface area contributed by atoms with Gasteiger partial charge in [-0.1, -0.05) is 162 Å². The summed E-state index contributed by atoms with van der Waals surface area (Å²) in [7, 11) is 0. The van der Waals surface area contributed by atoms with E-state index in [1.807, 2.05) is 0 Å². The van der Waals surface area contributed by atoms with E-state index in [1.165, 1.54) is 199 Å². The molecule has 5 heteroatoms. The largest absolute Gasteiger partial charge is 0.379 e. The maximum absolute atomic E-state index is 6.57. The molecule has 5 nitrogen and oxygen atoms in total. The Balaban J connectivity index is 0.833. The summed E-state index contributed by atoms with van der Waals surface area (Å²) in [6.45, 7) is 22.7. The molecule has 1 saturated heterocycles. The summed E-state index contributed by atoms with van der Waals surface area (Å²) >= 11 is 0. The Labute approximate surface area is 409 Å². The van der Waals surface area contributed by atoms with Crippen molar-refractivity contribution in [1.29, 1.82) is 0 Å². The van der Waals surface area contributed by atoms with Crippen molar-refractivity contribution in [3.05, 3.63) is 23.8 Å². The summed E-state index contributed by atoms with van der Waals surface area (Å²) in [6, 6.07) is 0. The number of rotatable bonds is 33. The molecule has 0 aromatic rings. The van der Waals surface area contributed by atoms with Gasteiger partial charge in [-0.3, -0.25) is 0 Å². The predicted octanol–water partition coefficient (Wildman–Crippen LogP) is 16.4. The van der Waals surface area contributed by atoms with E-state index in [2.05, 4.69) is 64.7 Å². The second kappa shape index (κ2) is 29.6. The van der Waals surface area contributed by atoms with Gasteiger partial charge in [0, 0.05) is 19.7 Å². The summed E-state index contributed by atoms with van der Waals surface area (Å²) in [5, 5.41) is 0. The van der Waals surface area contributed by atoms with Gasteiger partial charge in [0.2, 0.25) is 0 Å². The molecule has 0 spiro atoms. The Morgan fingerprint density at radius 3 is 2.18 bits per heavy atom. The highest BCUT2D eigenvalue weighted by molar-refractivity contribution is 5.25. The lowest BCUT2D eigenvalue weighted by Crippen LogP contribution is -2.51. The third-order valence-electron chi connectivity index (χ3n) is 19.4. The SMILES string of the molecule is CCCCCCCC/C=C\CCCCCCCCOCC(CN1CC[C@H]2CCCC[C@H]2C1)OCCOCCO[C@H]1CC[C@@]2(C)C(=CC[C@@H]3C2CC[C@@]2(C)C3CC[C@H]2[C@H](C)CCCC(C)C)C1. The Hall–Kier alpha value is -0.720. The van der Waals surface area contributed by atoms with Crippen molar-refractivity contribution in [1.82, 2.24) is 4.90 Å². The fourth-order valence-electron chi connectivity index (χ4n) is 15.4. The molecule has 5 aliphatic carbocycles. The molecule has 3 unspecified atom stereocenters. The van der Waals surface area contributed by atoms with Crippen molar-refractivity contribution in [3.63, 3.8) is 0 Å². The Bertz CT molecular complexity index is 1360. The average molecular weight is 921 g/mol. The van der Waals surface area contributed by atoms with Crippen molar-refractivity contribution in [3.8, 4) is 0 Å². The molecule has 0 aromatic carbocycles. The first-order chi connectivity index (χ1) is 32.2. The van der Waals surface area contributed by atoms with Crippen LogP contribution in [0.1, 0.15) is 234 Å². The minimum Gasteiger partial charge on any atom is -0.379 e. The van der Waals surface area contributed by atoms with E-state index < -0.39 is 0 Å². The number of piperidine rings is 1. The fraction of sp³-hybridized carbons (Fsp3) is 0.934. The number of ether oxygens (including phenoxy) is 4. The van der Waals surface area contributed by atoms with Crippen LogP contribution in [-0.4, -0.2) is 76.4 Å². The van der Waals surface area contributed by atoms with Gasteiger partial charge >= 0.3 is 0 Å². The number of hydrogen-bond donors (Lipinski definition) is 0. The maximum Gasteiger partial charge on any atom is 0.0936 e. The van der Waals surface area contributed by atoms with Crippen LogP contribution in [0.5, 0.6) is 0 Å². The molecule has 1 aliphatic heterocycles. The molecule has 0 radical (unpaired) electrons. The van der Waals surface area contributed by atoms with Crippen LogP contribution in [0, 0.1) is 58.2 Å². The van der Waals surface area contributed by atoms with Crippen LogP contribution < -0.4 is 0 Å². The smallest absolute Gasteiger partial charge is 0.0936 e. The molecular formula is C61H109NO4. The summed E-state index contributed by atoms with van der Waals surface area (Å²) in [5.74, 6) is 7.23. The second-order valence-electron chi connectivity index (χ2n) is 24.5. The summed E-state index contributed by atoms with van der Waals surface area (Å²) in [6.07, 6.45) is 49.0. The first-order valence-electron chi connectivity index (χ1n) is 29.7. The van der Waals surface area contributed by atoms with Crippen LogP contribution in [0.25, 0.3) is 0 Å². The van der Waals surface area contributed by atoms with E-state index in [0.29, 0.717) is 50.0 Å². The highest BCUT2D eigenvalue weighted by Crippen LogP contribution is 2.67. The van der Waals surface area contributed by atoms with Gasteiger partial charge in [0.15, 0.2) is 0 Å². The average Bonchev–Trinajstić information content (AvgIpc) is 3.68. The molecule has 0 amide bonds. The number of fused-ring (bicyclic) bond motifs is 6. The second-order valence-corrected chi connectivity index (χ2v) is 24.5. The number of unbranched alkanes of at least 4 members (excludes halogenated alkanes) is 12. The van der Waals surface area contributed by atoms with E-state index in [1.54, 1.807) is 5.57 Å². The van der Waals surface area contributed by atoms with Crippen molar-refractivity contribution in [2.24, 2.45) is 58.2 Å². The molecule has 6 rings (SSSR count). The molecule has 1 heterocycles. The van der Waals surface area contributed by atoms with E-state index >= 15 is 0 Å². The van der Waals surface area contributed by atoms with Gasteiger partial charge in [0.25, 0.3) is 0 Å². The van der Waals surface area contributed by atoms with Gasteiger partial charge in [-0.05, 0) is 161 Å². The van der Waals surface area contributed by atoms with E-state index in [-0.39, 0.29) is 6.10 Å². The molecule has 0 N–H and O–H groups in total. The first-order valence-corrected chi connectivity index (χ1v) is 29.7. The highest BCUT2D eigenvalue weighted by Gasteiger charge is 2.59. The number of likely N-dealkylation sites (tertiary alicyclic amines) is 1. The summed E-state index contributed by atoms with van der Waals surface area (Å²) in [4.78, 5) is 2.70. The number of nitrogens with zero attached hydrogens (tertiary/aromatic N) is 1. The molecule has 0 bridgehead atoms. The normalized spacial score (nSPS) is 32.2. The Morgan fingerprint density at radius 2 is 1.41 bits per heavy atom. The summed E-state index contributed by atoms with van der Waals surface area (Å²) < 4.78 is 25.6. The molecule has 66 heavy (non-hydrogen) atoms. The zero-order valence-corrected chi connectivity index (χ0v) is 44.7. The molecule has 382 valence electrons. The molecule has 11 atom stereocenters. The quantitative estimate of drug-likeness (QED) is 0.0485. The minimum absolute atomic E-state index is 0.121. The predicted molar refractivity (Wildman–Crippen MR) is 280 cm³/mol. The number of allylic oxidation sites excluding steroid dienone is 3. The maximum atomic E-state index is 6.57. The van der Waals surface area contributed by atoms with Gasteiger partial charge < -0.3 is 23.8 Å². The molecule has 4 saturated carbocycles. The molecule has 5 fully saturated rings. The minimum atomic E-state index is 0.121. The van der Waals surface area contributed by atoms with Crippen LogP contribution in [0.4, 0.5) is 0 Å². The number of hydrogen-bond acceptors (Lipinski definition) is 5. The zero-order chi connectivity index (χ0) is 46.5. The van der Waals surface area contributed by atoms with Crippen LogP contribution in [-0.2, 0) is 18.9 Å². The first kappa shape index (κ1) is 54.6. The topological polar surface area (TPSA) is 40.2 Å². The van der Waals surface area contributed by atoms with Gasteiger partial charge in [0.05, 0.1) is 45.2 Å². The fourth-order valence-corrected chi connectivity index (χ4v) is 15.4. The van der Waals surface area contributed by atoms with Crippen LogP contribution >= 0.6 is 0 Å². The molecule has 0 aromatic heterocycles. The van der Waals surface area contributed by atoms with Gasteiger partial charge in [-0.25, -0.2) is 0 Å². The Kier molecular flexibility index (Phi) is 24.5. The monoisotopic (exact) mass is 920 g/mol. The van der Waals surface area contributed by atoms with E-state index in [0.717, 1.165) is 66.9 Å². The van der Waals surface area contributed by atoms with E-state index in [9.17, 15) is 0 Å². The molecular weight excluding hydrogens is 811 g/mol. The lowest BCUT2D eigenvalue weighted by Gasteiger charge is -2.58. The lowest BCUT2D eigenvalue weighted by molar-refractivity contribution is -0.0751. The molecule has 6 aliphatic rings.